The zero-order valence-corrected chi connectivity index (χ0v) is 20.3. The summed E-state index contributed by atoms with van der Waals surface area (Å²) in [5, 5.41) is 13.1. The van der Waals surface area contributed by atoms with Crippen molar-refractivity contribution in [3.05, 3.63) is 103 Å². The number of rotatable bonds is 5. The van der Waals surface area contributed by atoms with Crippen LogP contribution in [0, 0.1) is 18.3 Å². The third-order valence-electron chi connectivity index (χ3n) is 4.93. The Hall–Kier alpha value is -3.83. The Morgan fingerprint density at radius 2 is 1.91 bits per heavy atom. The Morgan fingerprint density at radius 1 is 1.11 bits per heavy atom. The highest BCUT2D eigenvalue weighted by atomic mass is 35.5. The molecule has 4 rings (SSSR count). The van der Waals surface area contributed by atoms with Gasteiger partial charge in [-0.2, -0.15) is 10.2 Å². The molecule has 0 aliphatic rings. The molecule has 10 heteroatoms. The molecule has 1 N–H and O–H groups in total. The largest absolute Gasteiger partial charge is 0.438 e. The molecule has 2 aromatic carbocycles. The van der Waals surface area contributed by atoms with Crippen molar-refractivity contribution in [1.29, 1.82) is 5.26 Å². The number of aryl methyl sites for hydroxylation is 1. The lowest BCUT2D eigenvalue weighted by molar-refractivity contribution is -0.112. The second kappa shape index (κ2) is 10.2. The standard InChI is InChI=1S/C25H15Cl3N4O3/c1-14-11-16(8-9-18(14)26)35-24-17(25(34)32-10-3-2-7-21(32)31-24)12-15(13-29)23(33)30-20-6-4-5-19(27)22(20)28/h2-12H,1H3,(H,30,33)/b15-12-. The summed E-state index contributed by atoms with van der Waals surface area (Å²) < 4.78 is 7.19. The quantitative estimate of drug-likeness (QED) is 0.244. The highest BCUT2D eigenvalue weighted by Gasteiger charge is 2.18. The molecule has 174 valence electrons. The van der Waals surface area contributed by atoms with E-state index in [1.165, 1.54) is 16.7 Å². The van der Waals surface area contributed by atoms with E-state index in [2.05, 4.69) is 10.3 Å². The monoisotopic (exact) mass is 524 g/mol. The van der Waals surface area contributed by atoms with Crippen LogP contribution >= 0.6 is 34.8 Å². The minimum atomic E-state index is -0.789. The summed E-state index contributed by atoms with van der Waals surface area (Å²) in [4.78, 5) is 30.6. The van der Waals surface area contributed by atoms with Crippen LogP contribution in [0.25, 0.3) is 11.7 Å². The number of anilines is 1. The fraction of sp³-hybridized carbons (Fsp3) is 0.0400. The predicted molar refractivity (Wildman–Crippen MR) is 136 cm³/mol. The lowest BCUT2D eigenvalue weighted by atomic mass is 10.1. The molecule has 0 fully saturated rings. The predicted octanol–water partition coefficient (Wildman–Crippen LogP) is 6.30. The van der Waals surface area contributed by atoms with Crippen molar-refractivity contribution in [3.63, 3.8) is 0 Å². The molecular formula is C25H15Cl3N4O3. The third-order valence-corrected chi connectivity index (χ3v) is 6.17. The number of nitrogens with zero attached hydrogens (tertiary/aromatic N) is 3. The van der Waals surface area contributed by atoms with E-state index in [0.717, 1.165) is 11.6 Å². The van der Waals surface area contributed by atoms with E-state index < -0.39 is 11.5 Å². The Labute approximate surface area is 214 Å². The SMILES string of the molecule is Cc1cc(Oc2nc3ccccn3c(=O)c2/C=C(/C#N)C(=O)Nc2cccc(Cl)c2Cl)ccc1Cl. The summed E-state index contributed by atoms with van der Waals surface area (Å²) >= 11 is 18.2. The number of hydrogen-bond acceptors (Lipinski definition) is 5. The molecule has 35 heavy (non-hydrogen) atoms. The van der Waals surface area contributed by atoms with E-state index in [0.29, 0.717) is 16.4 Å². The molecule has 0 radical (unpaired) electrons. The summed E-state index contributed by atoms with van der Waals surface area (Å²) in [5.74, 6) is -0.492. The molecule has 0 bridgehead atoms. The fourth-order valence-corrected chi connectivity index (χ4v) is 3.62. The molecule has 1 amide bonds. The maximum atomic E-state index is 13.3. The number of nitriles is 1. The Balaban J connectivity index is 1.81. The zero-order chi connectivity index (χ0) is 25.1. The van der Waals surface area contributed by atoms with E-state index in [9.17, 15) is 14.9 Å². The average Bonchev–Trinajstić information content (AvgIpc) is 2.84. The lowest BCUT2D eigenvalue weighted by Gasteiger charge is -2.11. The number of hydrogen-bond donors (Lipinski definition) is 1. The van der Waals surface area contributed by atoms with E-state index in [4.69, 9.17) is 39.5 Å². The Morgan fingerprint density at radius 3 is 2.66 bits per heavy atom. The number of pyridine rings is 1. The van der Waals surface area contributed by atoms with Gasteiger partial charge in [0, 0.05) is 11.2 Å². The summed E-state index contributed by atoms with van der Waals surface area (Å²) in [5.41, 5.74) is 0.306. The number of benzene rings is 2. The first kappa shape index (κ1) is 24.3. The van der Waals surface area contributed by atoms with Gasteiger partial charge in [-0.3, -0.25) is 14.0 Å². The third kappa shape index (κ3) is 5.15. The topological polar surface area (TPSA) is 96.5 Å². The van der Waals surface area contributed by atoms with Gasteiger partial charge in [-0.25, -0.2) is 0 Å². The van der Waals surface area contributed by atoms with E-state index in [-0.39, 0.29) is 32.7 Å². The maximum absolute atomic E-state index is 13.3. The van der Waals surface area contributed by atoms with Gasteiger partial charge < -0.3 is 10.1 Å². The molecule has 0 spiro atoms. The van der Waals surface area contributed by atoms with Crippen molar-refractivity contribution in [3.8, 4) is 17.7 Å². The molecule has 0 unspecified atom stereocenters. The Kier molecular flexibility index (Phi) is 7.08. The number of carbonyl (C=O) groups is 1. The highest BCUT2D eigenvalue weighted by Crippen LogP contribution is 2.30. The van der Waals surface area contributed by atoms with E-state index >= 15 is 0 Å². The van der Waals surface area contributed by atoms with E-state index in [1.54, 1.807) is 55.5 Å². The number of carbonyl (C=O) groups excluding carboxylic acids is 1. The first-order chi connectivity index (χ1) is 16.8. The molecule has 4 aromatic rings. The van der Waals surface area contributed by atoms with E-state index in [1.807, 2.05) is 6.07 Å². The van der Waals surface area contributed by atoms with Gasteiger partial charge in [0.25, 0.3) is 11.5 Å². The average molecular weight is 526 g/mol. The first-order valence-electron chi connectivity index (χ1n) is 10.1. The number of nitrogens with one attached hydrogen (secondary N) is 1. The van der Waals surface area contributed by atoms with Gasteiger partial charge in [-0.1, -0.05) is 46.9 Å². The van der Waals surface area contributed by atoms with Crippen LogP contribution in [0.2, 0.25) is 15.1 Å². The number of amides is 1. The van der Waals surface area contributed by atoms with Crippen LogP contribution in [0.1, 0.15) is 11.1 Å². The van der Waals surface area contributed by atoms with Gasteiger partial charge in [-0.15, -0.1) is 0 Å². The summed E-state index contributed by atoms with van der Waals surface area (Å²) in [6.45, 7) is 1.80. The Bertz CT molecular complexity index is 1610. The van der Waals surface area contributed by atoms with Gasteiger partial charge in [0.15, 0.2) is 0 Å². The van der Waals surface area contributed by atoms with Crippen molar-refractivity contribution in [2.75, 3.05) is 5.32 Å². The number of halogens is 3. The minimum absolute atomic E-state index is 0.0794. The molecule has 0 aliphatic carbocycles. The summed E-state index contributed by atoms with van der Waals surface area (Å²) in [7, 11) is 0. The van der Waals surface area contributed by atoms with Crippen molar-refractivity contribution >= 4 is 58.1 Å². The number of ether oxygens (including phenoxy) is 1. The maximum Gasteiger partial charge on any atom is 0.269 e. The fourth-order valence-electron chi connectivity index (χ4n) is 3.16. The molecule has 0 saturated carbocycles. The van der Waals surface area contributed by atoms with Crippen molar-refractivity contribution < 1.29 is 9.53 Å². The van der Waals surface area contributed by atoms with Crippen LogP contribution in [0.5, 0.6) is 11.6 Å². The van der Waals surface area contributed by atoms with Gasteiger partial charge in [0.1, 0.15) is 28.6 Å². The van der Waals surface area contributed by atoms with Crippen LogP contribution in [-0.2, 0) is 4.79 Å². The number of fused-ring (bicyclic) bond motifs is 1. The van der Waals surface area contributed by atoms with Crippen molar-refractivity contribution in [2.24, 2.45) is 0 Å². The molecule has 2 heterocycles. The van der Waals surface area contributed by atoms with Crippen LogP contribution in [-0.4, -0.2) is 15.3 Å². The van der Waals surface area contributed by atoms with Crippen molar-refractivity contribution in [1.82, 2.24) is 9.38 Å². The van der Waals surface area contributed by atoms with Crippen LogP contribution < -0.4 is 15.6 Å². The molecule has 7 nitrogen and oxygen atoms in total. The summed E-state index contributed by atoms with van der Waals surface area (Å²) in [6, 6.07) is 16.5. The van der Waals surface area contributed by atoms with Gasteiger partial charge in [0.2, 0.25) is 5.88 Å². The number of aromatic nitrogens is 2. The summed E-state index contributed by atoms with van der Waals surface area (Å²) in [6.07, 6.45) is 2.65. The van der Waals surface area contributed by atoms with Crippen LogP contribution in [0.15, 0.2) is 71.2 Å². The molecule has 0 atom stereocenters. The van der Waals surface area contributed by atoms with Gasteiger partial charge in [0.05, 0.1) is 15.7 Å². The lowest BCUT2D eigenvalue weighted by Crippen LogP contribution is -2.20. The van der Waals surface area contributed by atoms with Crippen molar-refractivity contribution in [2.45, 2.75) is 6.92 Å². The normalized spacial score (nSPS) is 11.2. The van der Waals surface area contributed by atoms with Crippen LogP contribution in [0.3, 0.4) is 0 Å². The minimum Gasteiger partial charge on any atom is -0.438 e. The molecule has 2 aromatic heterocycles. The second-order valence-electron chi connectivity index (χ2n) is 7.30. The molecular weight excluding hydrogens is 511 g/mol. The van der Waals surface area contributed by atoms with Gasteiger partial charge >= 0.3 is 0 Å². The second-order valence-corrected chi connectivity index (χ2v) is 8.50. The molecule has 0 saturated heterocycles. The molecule has 0 aliphatic heterocycles. The van der Waals surface area contributed by atoms with Crippen LogP contribution in [0.4, 0.5) is 5.69 Å². The van der Waals surface area contributed by atoms with Gasteiger partial charge in [-0.05, 0) is 61.0 Å². The highest BCUT2D eigenvalue weighted by molar-refractivity contribution is 6.44. The first-order valence-corrected chi connectivity index (χ1v) is 11.2. The zero-order valence-electron chi connectivity index (χ0n) is 18.1. The smallest absolute Gasteiger partial charge is 0.269 e.